The molecule has 3 aliphatic rings. The Morgan fingerprint density at radius 2 is 1.49 bits per heavy atom. The lowest BCUT2D eigenvalue weighted by molar-refractivity contribution is -0.0406. The van der Waals surface area contributed by atoms with E-state index in [-0.39, 0.29) is 40.0 Å². The molecule has 6 nitrogen and oxygen atoms in total. The van der Waals surface area contributed by atoms with Gasteiger partial charge in [-0.25, -0.2) is 4.79 Å². The fourth-order valence-corrected chi connectivity index (χ4v) is 7.66. The van der Waals surface area contributed by atoms with E-state index in [1.165, 1.54) is 43.9 Å². The van der Waals surface area contributed by atoms with Gasteiger partial charge in [0.2, 0.25) is 0 Å². The molecular formula is C34H43NO5S. The van der Waals surface area contributed by atoms with Gasteiger partial charge in [-0.2, -0.15) is 0 Å². The molecule has 2 N–H and O–H groups in total. The summed E-state index contributed by atoms with van der Waals surface area (Å²) in [4.78, 5) is 40.7. The Morgan fingerprint density at radius 1 is 0.878 bits per heavy atom. The van der Waals surface area contributed by atoms with E-state index in [9.17, 15) is 14.4 Å². The van der Waals surface area contributed by atoms with Crippen LogP contribution in [-0.2, 0) is 9.47 Å². The SMILES string of the molecule is CCCCCCCCOC1CCC2CC(OC(=O)c3cc(SC)c4c(c3N)C(=O)c3ccccc3C4=O)CCC2C1. The standard InChI is InChI=1S/C34H43NO5S/c1-3-4-5-6-7-10-17-39-23-15-13-22-19-24(16-14-21(22)18-23)40-34(38)27-20-28(41-2)29-30(31(27)35)33(37)26-12-9-8-11-25(26)32(29)36/h8-9,11-12,20-24H,3-7,10,13-19,35H2,1-2H3. The molecule has 3 aliphatic carbocycles. The molecule has 220 valence electrons. The largest absolute Gasteiger partial charge is 0.459 e. The van der Waals surface area contributed by atoms with Gasteiger partial charge < -0.3 is 15.2 Å². The molecule has 4 atom stereocenters. The number of rotatable bonds is 11. The first kappa shape index (κ1) is 29.8. The fraction of sp³-hybridized carbons (Fsp3) is 0.559. The minimum atomic E-state index is -0.515. The predicted octanol–water partition coefficient (Wildman–Crippen LogP) is 7.64. The zero-order valence-electron chi connectivity index (χ0n) is 24.4. The second kappa shape index (κ2) is 13.6. The Bertz CT molecular complexity index is 1290. The molecular weight excluding hydrogens is 534 g/mol. The molecule has 0 heterocycles. The van der Waals surface area contributed by atoms with E-state index in [0.29, 0.717) is 34.0 Å². The van der Waals surface area contributed by atoms with Crippen molar-refractivity contribution in [1.82, 2.24) is 0 Å². The third-order valence-corrected chi connectivity index (χ3v) is 10.0. The smallest absolute Gasteiger partial charge is 0.340 e. The van der Waals surface area contributed by atoms with Gasteiger partial charge in [0.1, 0.15) is 6.10 Å². The molecule has 0 aromatic heterocycles. The molecule has 41 heavy (non-hydrogen) atoms. The van der Waals surface area contributed by atoms with Crippen molar-refractivity contribution in [2.45, 2.75) is 101 Å². The van der Waals surface area contributed by atoms with Gasteiger partial charge in [-0.15, -0.1) is 11.8 Å². The molecule has 0 bridgehead atoms. The number of unbranched alkanes of at least 4 members (excludes halogenated alkanes) is 5. The second-order valence-corrected chi connectivity index (χ2v) is 12.8. The van der Waals surface area contributed by atoms with Gasteiger partial charge in [0, 0.05) is 28.2 Å². The van der Waals surface area contributed by atoms with Crippen molar-refractivity contribution in [2.75, 3.05) is 18.6 Å². The summed E-state index contributed by atoms with van der Waals surface area (Å²) < 4.78 is 12.3. The topological polar surface area (TPSA) is 95.7 Å². The van der Waals surface area contributed by atoms with E-state index in [4.69, 9.17) is 15.2 Å². The average Bonchev–Trinajstić information content (AvgIpc) is 2.99. The van der Waals surface area contributed by atoms with Crippen LogP contribution in [0.1, 0.15) is 126 Å². The normalized spacial score (nSPS) is 23.5. The van der Waals surface area contributed by atoms with Crippen LogP contribution in [0.2, 0.25) is 0 Å². The lowest BCUT2D eigenvalue weighted by Crippen LogP contribution is -2.37. The van der Waals surface area contributed by atoms with Crippen molar-refractivity contribution in [2.24, 2.45) is 11.8 Å². The van der Waals surface area contributed by atoms with Gasteiger partial charge in [-0.3, -0.25) is 9.59 Å². The number of hydrogen-bond donors (Lipinski definition) is 1. The van der Waals surface area contributed by atoms with E-state index in [1.54, 1.807) is 30.3 Å². The summed E-state index contributed by atoms with van der Waals surface area (Å²) >= 11 is 1.33. The molecule has 0 aliphatic heterocycles. The van der Waals surface area contributed by atoms with Crippen molar-refractivity contribution in [3.63, 3.8) is 0 Å². The summed E-state index contributed by atoms with van der Waals surface area (Å²) in [5, 5.41) is 0. The Balaban J connectivity index is 1.19. The van der Waals surface area contributed by atoms with Crippen molar-refractivity contribution in [3.05, 3.63) is 58.1 Å². The Morgan fingerprint density at radius 3 is 2.17 bits per heavy atom. The number of hydrogen-bond acceptors (Lipinski definition) is 7. The minimum Gasteiger partial charge on any atom is -0.459 e. The van der Waals surface area contributed by atoms with Crippen LogP contribution in [0.25, 0.3) is 0 Å². The average molecular weight is 578 g/mol. The lowest BCUT2D eigenvalue weighted by Gasteiger charge is -2.41. The molecule has 0 radical (unpaired) electrons. The first-order valence-corrected chi connectivity index (χ1v) is 16.7. The van der Waals surface area contributed by atoms with Crippen LogP contribution in [0.15, 0.2) is 35.2 Å². The van der Waals surface area contributed by atoms with Gasteiger partial charge in [-0.1, -0.05) is 63.3 Å². The van der Waals surface area contributed by atoms with E-state index in [0.717, 1.165) is 51.6 Å². The summed E-state index contributed by atoms with van der Waals surface area (Å²) in [6.45, 7) is 3.12. The highest BCUT2D eigenvalue weighted by Gasteiger charge is 2.39. The number of nitrogens with two attached hydrogens (primary N) is 1. The number of carbonyl (C=O) groups excluding carboxylic acids is 3. The van der Waals surface area contributed by atoms with Gasteiger partial charge in [-0.05, 0) is 69.1 Å². The molecule has 7 heteroatoms. The van der Waals surface area contributed by atoms with Crippen LogP contribution in [0.5, 0.6) is 0 Å². The van der Waals surface area contributed by atoms with E-state index in [1.807, 2.05) is 6.26 Å². The third-order valence-electron chi connectivity index (χ3n) is 9.28. The monoisotopic (exact) mass is 577 g/mol. The first-order chi connectivity index (χ1) is 19.9. The number of esters is 1. The zero-order valence-corrected chi connectivity index (χ0v) is 25.2. The molecule has 2 saturated carbocycles. The highest BCUT2D eigenvalue weighted by Crippen LogP contribution is 2.43. The minimum absolute atomic E-state index is 0.0346. The van der Waals surface area contributed by atoms with Crippen LogP contribution >= 0.6 is 11.8 Å². The molecule has 5 rings (SSSR count). The van der Waals surface area contributed by atoms with E-state index >= 15 is 0 Å². The van der Waals surface area contributed by atoms with Crippen LogP contribution < -0.4 is 5.73 Å². The summed E-state index contributed by atoms with van der Waals surface area (Å²) in [5.41, 5.74) is 7.74. The number of anilines is 1. The number of benzene rings is 2. The molecule has 0 amide bonds. The summed E-state index contributed by atoms with van der Waals surface area (Å²) in [5.74, 6) is 0.0754. The van der Waals surface area contributed by atoms with Gasteiger partial charge in [0.15, 0.2) is 11.6 Å². The number of fused-ring (bicyclic) bond motifs is 3. The van der Waals surface area contributed by atoms with Crippen LogP contribution in [0, 0.1) is 11.8 Å². The number of carbonyl (C=O) groups is 3. The van der Waals surface area contributed by atoms with E-state index in [2.05, 4.69) is 6.92 Å². The number of nitrogen functional groups attached to an aromatic ring is 1. The summed E-state index contributed by atoms with van der Waals surface area (Å²) in [6, 6.07) is 8.39. The highest BCUT2D eigenvalue weighted by molar-refractivity contribution is 7.98. The summed E-state index contributed by atoms with van der Waals surface area (Å²) in [6.07, 6.45) is 15.7. The molecule has 0 spiro atoms. The number of ketones is 2. The number of thioether (sulfide) groups is 1. The molecule has 2 aromatic carbocycles. The third kappa shape index (κ3) is 6.41. The number of ether oxygens (including phenoxy) is 2. The van der Waals surface area contributed by atoms with Crippen molar-refractivity contribution in [1.29, 1.82) is 0 Å². The van der Waals surface area contributed by atoms with Gasteiger partial charge in [0.05, 0.1) is 22.9 Å². The molecule has 2 fully saturated rings. The first-order valence-electron chi connectivity index (χ1n) is 15.4. The van der Waals surface area contributed by atoms with E-state index < -0.39 is 5.97 Å². The van der Waals surface area contributed by atoms with Crippen LogP contribution in [0.4, 0.5) is 5.69 Å². The van der Waals surface area contributed by atoms with Gasteiger partial charge in [0.25, 0.3) is 0 Å². The maximum atomic E-state index is 13.4. The maximum Gasteiger partial charge on any atom is 0.340 e. The fourth-order valence-electron chi connectivity index (χ4n) is 7.02. The van der Waals surface area contributed by atoms with Gasteiger partial charge >= 0.3 is 5.97 Å². The second-order valence-electron chi connectivity index (χ2n) is 11.9. The van der Waals surface area contributed by atoms with Crippen LogP contribution in [-0.4, -0.2) is 42.6 Å². The lowest BCUT2D eigenvalue weighted by atomic mass is 9.69. The molecule has 0 saturated heterocycles. The zero-order chi connectivity index (χ0) is 28.9. The molecule has 2 aromatic rings. The maximum absolute atomic E-state index is 13.4. The quantitative estimate of drug-likeness (QED) is 0.108. The summed E-state index contributed by atoms with van der Waals surface area (Å²) in [7, 11) is 0. The van der Waals surface area contributed by atoms with Crippen molar-refractivity contribution >= 4 is 35.0 Å². The Hall–Kier alpha value is -2.64. The molecule has 4 unspecified atom stereocenters. The van der Waals surface area contributed by atoms with Crippen molar-refractivity contribution in [3.8, 4) is 0 Å². The highest BCUT2D eigenvalue weighted by atomic mass is 32.2. The van der Waals surface area contributed by atoms with Crippen molar-refractivity contribution < 1.29 is 23.9 Å². The van der Waals surface area contributed by atoms with Crippen LogP contribution in [0.3, 0.4) is 0 Å². The Kier molecular flexibility index (Phi) is 9.87. The Labute approximate surface area is 248 Å². The predicted molar refractivity (Wildman–Crippen MR) is 163 cm³/mol.